The van der Waals surface area contributed by atoms with Crippen LogP contribution in [0.1, 0.15) is 11.1 Å². The number of terminal acetylenes is 2. The fourth-order valence-electron chi connectivity index (χ4n) is 1.67. The molecule has 0 amide bonds. The van der Waals surface area contributed by atoms with Crippen LogP contribution in [-0.2, 0) is 0 Å². The minimum atomic E-state index is -2.76. The molecule has 0 saturated heterocycles. The fourth-order valence-corrected chi connectivity index (χ4v) is 1.67. The van der Waals surface area contributed by atoms with Gasteiger partial charge in [0.05, 0.1) is 0 Å². The summed E-state index contributed by atoms with van der Waals surface area (Å²) in [4.78, 5) is 0. The number of rotatable bonds is 0. The quantitative estimate of drug-likeness (QED) is 0.325. The van der Waals surface area contributed by atoms with Gasteiger partial charge in [-0.15, -0.1) is 18.2 Å². The van der Waals surface area contributed by atoms with Gasteiger partial charge in [-0.25, -0.2) is 0 Å². The molecule has 0 N–H and O–H groups in total. The molecule has 0 saturated carbocycles. The smallest absolute Gasteiger partial charge is 0.347 e. The fraction of sp³-hybridized carbons (Fsp3) is 0. The minimum absolute atomic E-state index is 0.421. The molecule has 3 heterocycles. The molecule has 2 aromatic rings. The Morgan fingerprint density at radius 1 is 1.06 bits per heavy atom. The normalized spacial score (nSPS) is 22.4. The largest absolute Gasteiger partial charge is 0.415 e. The van der Waals surface area contributed by atoms with Crippen LogP contribution in [0.4, 0.5) is 0 Å². The Hall–Kier alpha value is -2.33. The number of hydrogen-bond donors (Lipinski definition) is 0. The number of nitrogens with zero attached hydrogens (tertiary/aromatic N) is 4. The molecule has 2 aromatic heterocycles. The predicted molar refractivity (Wildman–Crippen MR) is 63.8 cm³/mol. The standard InChI is InChI=1S/C10H10B2N4/c1-3-9-5-13-11-15-7-10(4-2)8-16(15)12-14(13)6-9/h1-2,5-8H,11-12H2/i11D2,12D2. The molecule has 1 aliphatic rings. The topological polar surface area (TPSA) is 17.6 Å². The monoisotopic (exact) mass is 212 g/mol. The van der Waals surface area contributed by atoms with Crippen LogP contribution in [0.2, 0.25) is 0 Å². The second-order valence-corrected chi connectivity index (χ2v) is 3.47. The summed E-state index contributed by atoms with van der Waals surface area (Å²) in [6.45, 7) is 0. The van der Waals surface area contributed by atoms with Gasteiger partial charge in [0.25, 0.3) is 0 Å². The SMILES string of the molecule is [2H][B-]1([2H])n2cc(C#C)c[n+]2[B-]([2H])([2H])n2cc(C#C)c[n+]21. The van der Waals surface area contributed by atoms with E-state index in [9.17, 15) is 0 Å². The first kappa shape index (κ1) is 5.67. The number of aromatic nitrogens is 4. The highest BCUT2D eigenvalue weighted by Crippen LogP contribution is 1.95. The molecular weight excluding hydrogens is 198 g/mol. The lowest BCUT2D eigenvalue weighted by Crippen LogP contribution is -2.70. The maximum Gasteiger partial charge on any atom is 0.415 e. The lowest BCUT2D eigenvalue weighted by atomic mass is 10.1. The maximum absolute atomic E-state index is 8.26. The van der Waals surface area contributed by atoms with Gasteiger partial charge in [-0.3, -0.25) is 0 Å². The van der Waals surface area contributed by atoms with E-state index < -0.39 is 15.0 Å². The van der Waals surface area contributed by atoms with E-state index in [4.69, 9.17) is 18.2 Å². The van der Waals surface area contributed by atoms with Crippen LogP contribution in [0, 0.1) is 24.7 Å². The van der Waals surface area contributed by atoms with Gasteiger partial charge in [-0.2, -0.15) is 0 Å². The maximum atomic E-state index is 8.26. The third-order valence-corrected chi connectivity index (χ3v) is 2.43. The van der Waals surface area contributed by atoms with Crippen molar-refractivity contribution in [2.24, 2.45) is 0 Å². The zero-order valence-corrected chi connectivity index (χ0v) is 8.41. The number of fused-ring (bicyclic) bond motifs is 2. The second-order valence-electron chi connectivity index (χ2n) is 3.47. The zero-order valence-electron chi connectivity index (χ0n) is 12.4. The molecule has 0 bridgehead atoms. The van der Waals surface area contributed by atoms with E-state index in [1.807, 2.05) is 0 Å². The van der Waals surface area contributed by atoms with E-state index in [-0.39, 0.29) is 0 Å². The Morgan fingerprint density at radius 3 is 1.88 bits per heavy atom. The lowest BCUT2D eigenvalue weighted by Gasteiger charge is -2.20. The van der Waals surface area contributed by atoms with Crippen molar-refractivity contribution < 1.29 is 9.19 Å². The van der Waals surface area contributed by atoms with Gasteiger partial charge >= 0.3 is 15.0 Å². The van der Waals surface area contributed by atoms with Crippen LogP contribution in [0.3, 0.4) is 0 Å². The summed E-state index contributed by atoms with van der Waals surface area (Å²) in [5.74, 6) is 4.79. The van der Waals surface area contributed by atoms with Gasteiger partial charge in [0, 0.05) is 12.4 Å². The van der Waals surface area contributed by atoms with E-state index in [0.717, 1.165) is 0 Å². The Balaban J connectivity index is 2.37. The van der Waals surface area contributed by atoms with Crippen molar-refractivity contribution >= 4 is 15.0 Å². The Kier molecular flexibility index (Phi) is 1.09. The molecule has 76 valence electrons. The van der Waals surface area contributed by atoms with Crippen LogP contribution < -0.4 is 9.19 Å². The summed E-state index contributed by atoms with van der Waals surface area (Å²) in [5.41, 5.74) is 0.843. The van der Waals surface area contributed by atoms with Crippen LogP contribution in [-0.4, -0.2) is 29.5 Å². The average molecular weight is 212 g/mol. The van der Waals surface area contributed by atoms with E-state index in [1.165, 1.54) is 43.2 Å². The highest BCUT2D eigenvalue weighted by molar-refractivity contribution is 6.28. The van der Waals surface area contributed by atoms with E-state index in [1.54, 1.807) is 0 Å². The van der Waals surface area contributed by atoms with Crippen molar-refractivity contribution in [2.45, 2.75) is 0 Å². The molecule has 6 heteroatoms. The molecule has 0 radical (unpaired) electrons. The molecule has 3 rings (SSSR count). The second kappa shape index (κ2) is 3.08. The first-order chi connectivity index (χ1) is 9.32. The van der Waals surface area contributed by atoms with Crippen LogP contribution in [0.25, 0.3) is 0 Å². The summed E-state index contributed by atoms with van der Waals surface area (Å²) < 4.78 is 37.9. The molecule has 0 aromatic carbocycles. The van der Waals surface area contributed by atoms with E-state index in [0.29, 0.717) is 11.1 Å². The summed E-state index contributed by atoms with van der Waals surface area (Å²) in [5, 5.41) is 0. The van der Waals surface area contributed by atoms with Gasteiger partial charge in [-0.05, 0) is 0 Å². The van der Waals surface area contributed by atoms with Crippen molar-refractivity contribution in [1.82, 2.24) is 9.19 Å². The Bertz CT molecular complexity index is 693. The van der Waals surface area contributed by atoms with Crippen LogP contribution in [0.15, 0.2) is 24.8 Å². The highest BCUT2D eigenvalue weighted by Gasteiger charge is 2.18. The molecule has 4 nitrogen and oxygen atoms in total. The van der Waals surface area contributed by atoms with Crippen molar-refractivity contribution in [1.29, 1.82) is 5.34 Å². The van der Waals surface area contributed by atoms with Crippen LogP contribution >= 0.6 is 0 Å². The highest BCUT2D eigenvalue weighted by atomic mass is 15.5. The lowest BCUT2D eigenvalue weighted by molar-refractivity contribution is -0.690. The summed E-state index contributed by atoms with van der Waals surface area (Å²) in [7, 11) is -5.52. The molecule has 0 aliphatic carbocycles. The van der Waals surface area contributed by atoms with Gasteiger partial charge in [0.2, 0.25) is 0 Å². The van der Waals surface area contributed by atoms with Gasteiger partial charge in [0.15, 0.2) is 12.4 Å². The Morgan fingerprint density at radius 2 is 1.50 bits per heavy atom. The molecule has 1 aliphatic heterocycles. The molecule has 0 unspecified atom stereocenters. The van der Waals surface area contributed by atoms with Crippen molar-refractivity contribution in [3.05, 3.63) is 35.9 Å². The molecule has 0 spiro atoms. The average Bonchev–Trinajstić information content (AvgIpc) is 3.02. The first-order valence-electron chi connectivity index (χ1n) is 7.01. The summed E-state index contributed by atoms with van der Waals surface area (Å²) in [6.07, 6.45) is 16.4. The van der Waals surface area contributed by atoms with Gasteiger partial charge in [0.1, 0.15) is 11.1 Å². The third-order valence-electron chi connectivity index (χ3n) is 2.43. The predicted octanol–water partition coefficient (Wildman–Crippen LogP) is -3.07. The minimum Gasteiger partial charge on any atom is -0.347 e. The molecular formula is C10H10B2N4. The van der Waals surface area contributed by atoms with E-state index in [2.05, 4.69) is 11.8 Å². The first-order valence-corrected chi connectivity index (χ1v) is 4.70. The van der Waals surface area contributed by atoms with Crippen molar-refractivity contribution in [2.75, 3.05) is 0 Å². The molecule has 16 heavy (non-hydrogen) atoms. The van der Waals surface area contributed by atoms with Crippen molar-refractivity contribution in [3.8, 4) is 24.7 Å². The number of hydrogen-bond acceptors (Lipinski definition) is 0. The van der Waals surface area contributed by atoms with Gasteiger partial charge < -0.3 is 18.4 Å². The summed E-state index contributed by atoms with van der Waals surface area (Å²) >= 11 is 0. The third kappa shape index (κ3) is 1.17. The van der Waals surface area contributed by atoms with Gasteiger partial charge in [-0.1, -0.05) is 11.8 Å². The molecule has 0 atom stereocenters. The van der Waals surface area contributed by atoms with Crippen molar-refractivity contribution in [3.63, 3.8) is 0 Å². The molecule has 0 fully saturated rings. The summed E-state index contributed by atoms with van der Waals surface area (Å²) in [6, 6.07) is 0. The van der Waals surface area contributed by atoms with Crippen LogP contribution in [0.5, 0.6) is 0 Å². The zero-order chi connectivity index (χ0) is 14.7. The van der Waals surface area contributed by atoms with E-state index >= 15 is 0 Å². The Labute approximate surface area is 100 Å².